The van der Waals surface area contributed by atoms with E-state index in [4.69, 9.17) is 14.2 Å². The van der Waals surface area contributed by atoms with Crippen molar-refractivity contribution in [2.75, 3.05) is 36.6 Å². The van der Waals surface area contributed by atoms with Crippen LogP contribution in [0.15, 0.2) is 48.5 Å². The molecule has 35 heavy (non-hydrogen) atoms. The molecular formula is C26H30N2O7. The molecule has 0 radical (unpaired) electrons. The van der Waals surface area contributed by atoms with Crippen molar-refractivity contribution in [2.24, 2.45) is 11.8 Å². The third kappa shape index (κ3) is 7.30. The number of hydrogen-bond acceptors (Lipinski definition) is 7. The van der Waals surface area contributed by atoms with E-state index in [1.807, 2.05) is 20.8 Å². The normalized spacial score (nSPS) is 15.1. The number of ether oxygens (including phenoxy) is 3. The van der Waals surface area contributed by atoms with E-state index < -0.39 is 30.4 Å². The van der Waals surface area contributed by atoms with E-state index in [1.54, 1.807) is 48.5 Å². The van der Waals surface area contributed by atoms with E-state index in [-0.39, 0.29) is 24.8 Å². The number of amides is 2. The lowest BCUT2D eigenvalue weighted by molar-refractivity contribution is -0.151. The minimum absolute atomic E-state index is 0.0159. The summed E-state index contributed by atoms with van der Waals surface area (Å²) in [7, 11) is 0. The maximum Gasteiger partial charge on any atom is 0.338 e. The summed E-state index contributed by atoms with van der Waals surface area (Å²) in [5.41, 5.74) is 1.49. The molecule has 0 aromatic heterocycles. The van der Waals surface area contributed by atoms with Gasteiger partial charge in [0.05, 0.1) is 24.7 Å². The molecule has 1 aliphatic heterocycles. The Kier molecular flexibility index (Phi) is 8.83. The second-order valence-corrected chi connectivity index (χ2v) is 8.56. The lowest BCUT2D eigenvalue weighted by Crippen LogP contribution is -2.28. The van der Waals surface area contributed by atoms with E-state index in [1.165, 1.54) is 4.90 Å². The summed E-state index contributed by atoms with van der Waals surface area (Å²) in [6.07, 6.45) is 0.0159. The molecule has 2 amide bonds. The summed E-state index contributed by atoms with van der Waals surface area (Å²) in [6.45, 7) is 6.35. The monoisotopic (exact) mass is 482 g/mol. The van der Waals surface area contributed by atoms with Gasteiger partial charge in [0.1, 0.15) is 5.75 Å². The average Bonchev–Trinajstić information content (AvgIpc) is 3.24. The van der Waals surface area contributed by atoms with Crippen molar-refractivity contribution in [2.45, 2.75) is 27.2 Å². The molecule has 1 aliphatic rings. The molecule has 0 bridgehead atoms. The van der Waals surface area contributed by atoms with Crippen LogP contribution in [0.2, 0.25) is 0 Å². The highest BCUT2D eigenvalue weighted by Crippen LogP contribution is 2.27. The summed E-state index contributed by atoms with van der Waals surface area (Å²) in [5, 5.41) is 2.61. The topological polar surface area (TPSA) is 111 Å². The van der Waals surface area contributed by atoms with Crippen LogP contribution in [0.5, 0.6) is 5.75 Å². The zero-order valence-electron chi connectivity index (χ0n) is 20.1. The number of nitrogens with one attached hydrogen (secondary N) is 1. The fourth-order valence-corrected chi connectivity index (χ4v) is 3.47. The van der Waals surface area contributed by atoms with Gasteiger partial charge in [0.15, 0.2) is 6.61 Å². The van der Waals surface area contributed by atoms with E-state index in [9.17, 15) is 19.2 Å². The Balaban J connectivity index is 1.45. The Hall–Kier alpha value is -3.88. The first kappa shape index (κ1) is 25.7. The first-order chi connectivity index (χ1) is 16.8. The standard InChI is InChI=1S/C26H30N2O7/c1-4-33-22-11-9-21(10-12-22)28-14-19(13-24(28)30)26(32)35-16-23(29)27-20-7-5-18(6-8-20)25(31)34-15-17(2)3/h5-12,17,19H,4,13-16H2,1-3H3,(H,27,29)/t19-/m1/s1. The van der Waals surface area contributed by atoms with Gasteiger partial charge in [-0.1, -0.05) is 13.8 Å². The van der Waals surface area contributed by atoms with Crippen LogP contribution in [-0.4, -0.2) is 50.1 Å². The van der Waals surface area contributed by atoms with Crippen molar-refractivity contribution in [3.8, 4) is 5.75 Å². The molecule has 1 N–H and O–H groups in total. The highest BCUT2D eigenvalue weighted by atomic mass is 16.5. The van der Waals surface area contributed by atoms with Gasteiger partial charge in [-0.25, -0.2) is 4.79 Å². The van der Waals surface area contributed by atoms with E-state index in [0.29, 0.717) is 35.9 Å². The number of esters is 2. The molecule has 2 aromatic carbocycles. The quantitative estimate of drug-likeness (QED) is 0.517. The molecule has 2 aromatic rings. The zero-order valence-corrected chi connectivity index (χ0v) is 20.1. The first-order valence-electron chi connectivity index (χ1n) is 11.5. The predicted molar refractivity (Wildman–Crippen MR) is 129 cm³/mol. The van der Waals surface area contributed by atoms with Gasteiger partial charge in [-0.3, -0.25) is 14.4 Å². The van der Waals surface area contributed by atoms with Gasteiger partial charge in [0.25, 0.3) is 5.91 Å². The van der Waals surface area contributed by atoms with Gasteiger partial charge in [0.2, 0.25) is 5.91 Å². The van der Waals surface area contributed by atoms with Gasteiger partial charge in [0, 0.05) is 24.3 Å². The predicted octanol–water partition coefficient (Wildman–Crippen LogP) is 3.43. The molecule has 0 unspecified atom stereocenters. The number of anilines is 2. The zero-order chi connectivity index (χ0) is 25.4. The highest BCUT2D eigenvalue weighted by molar-refractivity contribution is 6.00. The van der Waals surface area contributed by atoms with Gasteiger partial charge in [-0.15, -0.1) is 0 Å². The van der Waals surface area contributed by atoms with Crippen LogP contribution in [0, 0.1) is 11.8 Å². The summed E-state index contributed by atoms with van der Waals surface area (Å²) in [6, 6.07) is 13.3. The van der Waals surface area contributed by atoms with Crippen molar-refractivity contribution in [3.05, 3.63) is 54.1 Å². The Morgan fingerprint density at radius 3 is 2.34 bits per heavy atom. The Labute approximate surface area is 204 Å². The van der Waals surface area contributed by atoms with Crippen LogP contribution in [0.25, 0.3) is 0 Å². The molecule has 1 heterocycles. The molecule has 9 nitrogen and oxygen atoms in total. The molecule has 9 heteroatoms. The van der Waals surface area contributed by atoms with Gasteiger partial charge < -0.3 is 24.4 Å². The van der Waals surface area contributed by atoms with Gasteiger partial charge in [-0.2, -0.15) is 0 Å². The smallest absolute Gasteiger partial charge is 0.338 e. The summed E-state index contributed by atoms with van der Waals surface area (Å²) in [5.74, 6) is -1.48. The minimum atomic E-state index is -0.655. The summed E-state index contributed by atoms with van der Waals surface area (Å²) in [4.78, 5) is 50.5. The molecule has 3 rings (SSSR count). The fraction of sp³-hybridized carbons (Fsp3) is 0.385. The maximum atomic E-state index is 12.4. The Morgan fingerprint density at radius 1 is 1.03 bits per heavy atom. The van der Waals surface area contributed by atoms with Crippen LogP contribution < -0.4 is 15.0 Å². The number of rotatable bonds is 10. The maximum absolute atomic E-state index is 12.4. The Morgan fingerprint density at radius 2 is 1.71 bits per heavy atom. The molecule has 1 atom stereocenters. The van der Waals surface area contributed by atoms with E-state index >= 15 is 0 Å². The van der Waals surface area contributed by atoms with Crippen molar-refractivity contribution in [1.82, 2.24) is 0 Å². The highest BCUT2D eigenvalue weighted by Gasteiger charge is 2.36. The average molecular weight is 483 g/mol. The van der Waals surface area contributed by atoms with Crippen LogP contribution in [0.1, 0.15) is 37.6 Å². The van der Waals surface area contributed by atoms with Crippen LogP contribution in [0.3, 0.4) is 0 Å². The van der Waals surface area contributed by atoms with Gasteiger partial charge >= 0.3 is 11.9 Å². The summed E-state index contributed by atoms with van der Waals surface area (Å²) >= 11 is 0. The Bertz CT molecular complexity index is 1050. The lowest BCUT2D eigenvalue weighted by Gasteiger charge is -2.17. The van der Waals surface area contributed by atoms with Crippen molar-refractivity contribution in [3.63, 3.8) is 0 Å². The molecule has 0 aliphatic carbocycles. The minimum Gasteiger partial charge on any atom is -0.494 e. The molecule has 1 fully saturated rings. The van der Waals surface area contributed by atoms with Crippen LogP contribution in [-0.2, 0) is 23.9 Å². The third-order valence-electron chi connectivity index (χ3n) is 5.22. The number of carbonyl (C=O) groups is 4. The van der Waals surface area contributed by atoms with Crippen LogP contribution in [0.4, 0.5) is 11.4 Å². The van der Waals surface area contributed by atoms with E-state index in [2.05, 4.69) is 5.32 Å². The van der Waals surface area contributed by atoms with Crippen molar-refractivity contribution >= 4 is 35.1 Å². The number of carbonyl (C=O) groups excluding carboxylic acids is 4. The molecule has 0 saturated carbocycles. The lowest BCUT2D eigenvalue weighted by atomic mass is 10.1. The molecule has 186 valence electrons. The summed E-state index contributed by atoms with van der Waals surface area (Å²) < 4.78 is 15.7. The number of hydrogen-bond donors (Lipinski definition) is 1. The molecular weight excluding hydrogens is 452 g/mol. The molecule has 1 saturated heterocycles. The first-order valence-corrected chi connectivity index (χ1v) is 11.5. The van der Waals surface area contributed by atoms with Gasteiger partial charge in [-0.05, 0) is 61.4 Å². The largest absolute Gasteiger partial charge is 0.494 e. The second-order valence-electron chi connectivity index (χ2n) is 8.56. The van der Waals surface area contributed by atoms with E-state index in [0.717, 1.165) is 0 Å². The fourth-order valence-electron chi connectivity index (χ4n) is 3.47. The number of benzene rings is 2. The second kappa shape index (κ2) is 12.0. The molecule has 0 spiro atoms. The number of nitrogens with zero attached hydrogens (tertiary/aromatic N) is 1. The SMILES string of the molecule is CCOc1ccc(N2C[C@H](C(=O)OCC(=O)Nc3ccc(C(=O)OCC(C)C)cc3)CC2=O)cc1. The van der Waals surface area contributed by atoms with Crippen molar-refractivity contribution < 1.29 is 33.4 Å². The van der Waals surface area contributed by atoms with Crippen molar-refractivity contribution in [1.29, 1.82) is 0 Å². The van der Waals surface area contributed by atoms with Crippen LogP contribution >= 0.6 is 0 Å². The third-order valence-corrected chi connectivity index (χ3v) is 5.22.